The van der Waals surface area contributed by atoms with Crippen molar-refractivity contribution in [3.63, 3.8) is 0 Å². The number of nitrogens with one attached hydrogen (secondary N) is 1. The Labute approximate surface area is 131 Å². The van der Waals surface area contributed by atoms with Crippen molar-refractivity contribution >= 4 is 34.2 Å². The minimum absolute atomic E-state index is 0.135. The van der Waals surface area contributed by atoms with Gasteiger partial charge in [-0.15, -0.1) is 0 Å². The van der Waals surface area contributed by atoms with E-state index in [0.29, 0.717) is 23.6 Å². The topological polar surface area (TPSA) is 38.3 Å². The van der Waals surface area contributed by atoms with Crippen LogP contribution in [0.2, 0.25) is 0 Å². The second-order valence-corrected chi connectivity index (χ2v) is 5.34. The van der Waals surface area contributed by atoms with Crippen LogP contribution in [0.5, 0.6) is 5.75 Å². The number of carbonyl (C=O) groups is 1. The lowest BCUT2D eigenvalue weighted by Crippen LogP contribution is -2.12. The summed E-state index contributed by atoms with van der Waals surface area (Å²) in [5, 5.41) is 2.85. The molecule has 2 rings (SSSR count). The molecule has 102 valence electrons. The van der Waals surface area contributed by atoms with Crippen molar-refractivity contribution in [3.05, 3.63) is 70.3 Å². The third kappa shape index (κ3) is 4.09. The number of carbonyl (C=O) groups excluding carboxylic acids is 1. The summed E-state index contributed by atoms with van der Waals surface area (Å²) in [6.45, 7) is 4.04. The lowest BCUT2D eigenvalue weighted by atomic mass is 10.2. The molecule has 0 saturated heterocycles. The van der Waals surface area contributed by atoms with Gasteiger partial charge in [0.25, 0.3) is 5.91 Å². The van der Waals surface area contributed by atoms with Gasteiger partial charge in [-0.05, 0) is 52.9 Å². The molecule has 1 amide bonds. The highest BCUT2D eigenvalue weighted by molar-refractivity contribution is 14.1. The lowest BCUT2D eigenvalue weighted by Gasteiger charge is -2.08. The summed E-state index contributed by atoms with van der Waals surface area (Å²) in [4.78, 5) is 12.1. The number of rotatable bonds is 5. The van der Waals surface area contributed by atoms with Gasteiger partial charge in [0.1, 0.15) is 12.4 Å². The number of amides is 1. The molecule has 0 unspecified atom stereocenters. The predicted molar refractivity (Wildman–Crippen MR) is 89.2 cm³/mol. The molecule has 1 N–H and O–H groups in total. The van der Waals surface area contributed by atoms with E-state index >= 15 is 0 Å². The fourth-order valence-electron chi connectivity index (χ4n) is 1.65. The first-order valence-electron chi connectivity index (χ1n) is 6.10. The molecule has 3 nitrogen and oxygen atoms in total. The summed E-state index contributed by atoms with van der Waals surface area (Å²) >= 11 is 2.18. The monoisotopic (exact) mass is 379 g/mol. The van der Waals surface area contributed by atoms with E-state index in [2.05, 4.69) is 34.5 Å². The number of halogens is 1. The number of anilines is 1. The van der Waals surface area contributed by atoms with Gasteiger partial charge in [-0.25, -0.2) is 0 Å². The molecule has 0 aliphatic heterocycles. The van der Waals surface area contributed by atoms with Crippen LogP contribution < -0.4 is 10.1 Å². The minimum Gasteiger partial charge on any atom is -0.489 e. The molecule has 0 saturated carbocycles. The average molecular weight is 379 g/mol. The summed E-state index contributed by atoms with van der Waals surface area (Å²) < 4.78 is 6.46. The first-order valence-corrected chi connectivity index (χ1v) is 7.17. The van der Waals surface area contributed by atoms with Crippen LogP contribution >= 0.6 is 22.6 Å². The molecule has 2 aromatic carbocycles. The largest absolute Gasteiger partial charge is 0.489 e. The molecule has 0 aliphatic carbocycles. The van der Waals surface area contributed by atoms with Crippen LogP contribution in [-0.2, 0) is 0 Å². The second kappa shape index (κ2) is 7.09. The van der Waals surface area contributed by atoms with Crippen LogP contribution in [-0.4, -0.2) is 12.5 Å². The lowest BCUT2D eigenvalue weighted by molar-refractivity contribution is 0.102. The van der Waals surface area contributed by atoms with E-state index in [4.69, 9.17) is 4.74 Å². The summed E-state index contributed by atoms with van der Waals surface area (Å²) in [7, 11) is 0. The molecule has 0 radical (unpaired) electrons. The van der Waals surface area contributed by atoms with E-state index < -0.39 is 0 Å². The van der Waals surface area contributed by atoms with E-state index in [9.17, 15) is 4.79 Å². The Hall–Kier alpha value is -1.82. The van der Waals surface area contributed by atoms with Crippen molar-refractivity contribution in [1.29, 1.82) is 0 Å². The fourth-order valence-corrected chi connectivity index (χ4v) is 2.19. The standard InChI is InChI=1S/C16H14INO2/c1-2-9-20-15-8-4-7-14(11-15)18-16(19)12-5-3-6-13(17)10-12/h2-8,10-11H,1,9H2,(H,18,19). The van der Waals surface area contributed by atoms with Crippen molar-refractivity contribution in [2.24, 2.45) is 0 Å². The van der Waals surface area contributed by atoms with Crippen molar-refractivity contribution < 1.29 is 9.53 Å². The van der Waals surface area contributed by atoms with E-state index in [-0.39, 0.29) is 5.91 Å². The van der Waals surface area contributed by atoms with Crippen molar-refractivity contribution in [3.8, 4) is 5.75 Å². The average Bonchev–Trinajstić information content (AvgIpc) is 2.45. The smallest absolute Gasteiger partial charge is 0.255 e. The first kappa shape index (κ1) is 14.6. The molecule has 0 bridgehead atoms. The summed E-state index contributed by atoms with van der Waals surface area (Å²) in [6, 6.07) is 14.7. The van der Waals surface area contributed by atoms with E-state index in [1.165, 1.54) is 0 Å². The minimum atomic E-state index is -0.135. The Balaban J connectivity index is 2.09. The molecule has 0 atom stereocenters. The van der Waals surface area contributed by atoms with Gasteiger partial charge in [0, 0.05) is 20.9 Å². The SMILES string of the molecule is C=CCOc1cccc(NC(=O)c2cccc(I)c2)c1. The molecule has 0 aliphatic rings. The maximum atomic E-state index is 12.1. The molecule has 0 heterocycles. The number of hydrogen-bond acceptors (Lipinski definition) is 2. The molecule has 2 aromatic rings. The highest BCUT2D eigenvalue weighted by Gasteiger charge is 2.06. The summed E-state index contributed by atoms with van der Waals surface area (Å²) in [5.74, 6) is 0.565. The second-order valence-electron chi connectivity index (χ2n) is 4.09. The number of ether oxygens (including phenoxy) is 1. The molecule has 0 fully saturated rings. The quantitative estimate of drug-likeness (QED) is 0.627. The third-order valence-electron chi connectivity index (χ3n) is 2.55. The Bertz CT molecular complexity index is 625. The van der Waals surface area contributed by atoms with E-state index in [1.54, 1.807) is 18.2 Å². The normalized spacial score (nSPS) is 9.85. The van der Waals surface area contributed by atoms with Crippen LogP contribution in [0.3, 0.4) is 0 Å². The van der Waals surface area contributed by atoms with Gasteiger partial charge in [-0.3, -0.25) is 4.79 Å². The van der Waals surface area contributed by atoms with Gasteiger partial charge in [0.2, 0.25) is 0 Å². The van der Waals surface area contributed by atoms with Crippen LogP contribution in [0.1, 0.15) is 10.4 Å². The van der Waals surface area contributed by atoms with Gasteiger partial charge in [-0.2, -0.15) is 0 Å². The van der Waals surface area contributed by atoms with Gasteiger partial charge >= 0.3 is 0 Å². The molecule has 0 spiro atoms. The third-order valence-corrected chi connectivity index (χ3v) is 3.22. The maximum absolute atomic E-state index is 12.1. The highest BCUT2D eigenvalue weighted by atomic mass is 127. The molecule has 4 heteroatoms. The maximum Gasteiger partial charge on any atom is 0.255 e. The van der Waals surface area contributed by atoms with E-state index in [0.717, 1.165) is 3.57 Å². The first-order chi connectivity index (χ1) is 9.69. The highest BCUT2D eigenvalue weighted by Crippen LogP contribution is 2.18. The van der Waals surface area contributed by atoms with Gasteiger partial charge in [-0.1, -0.05) is 24.8 Å². The van der Waals surface area contributed by atoms with Crippen molar-refractivity contribution in [2.75, 3.05) is 11.9 Å². The Morgan fingerprint density at radius 1 is 1.25 bits per heavy atom. The van der Waals surface area contributed by atoms with Crippen LogP contribution in [0.25, 0.3) is 0 Å². The van der Waals surface area contributed by atoms with Crippen LogP contribution in [0, 0.1) is 3.57 Å². The molecule has 20 heavy (non-hydrogen) atoms. The van der Waals surface area contributed by atoms with E-state index in [1.807, 2.05) is 36.4 Å². The zero-order chi connectivity index (χ0) is 14.4. The van der Waals surface area contributed by atoms with Crippen LogP contribution in [0.15, 0.2) is 61.2 Å². The zero-order valence-corrected chi connectivity index (χ0v) is 13.0. The molecule has 0 aromatic heterocycles. The summed E-state index contributed by atoms with van der Waals surface area (Å²) in [6.07, 6.45) is 1.68. The Morgan fingerprint density at radius 3 is 2.80 bits per heavy atom. The summed E-state index contributed by atoms with van der Waals surface area (Å²) in [5.41, 5.74) is 1.34. The number of benzene rings is 2. The number of hydrogen-bond donors (Lipinski definition) is 1. The molecular formula is C16H14INO2. The molecular weight excluding hydrogens is 365 g/mol. The van der Waals surface area contributed by atoms with Gasteiger partial charge < -0.3 is 10.1 Å². The van der Waals surface area contributed by atoms with Gasteiger partial charge in [0.05, 0.1) is 0 Å². The predicted octanol–water partition coefficient (Wildman–Crippen LogP) is 4.11. The Morgan fingerprint density at radius 2 is 2.05 bits per heavy atom. The van der Waals surface area contributed by atoms with Crippen LogP contribution in [0.4, 0.5) is 5.69 Å². The van der Waals surface area contributed by atoms with Crippen molar-refractivity contribution in [2.45, 2.75) is 0 Å². The van der Waals surface area contributed by atoms with Gasteiger partial charge in [0.15, 0.2) is 0 Å². The van der Waals surface area contributed by atoms with Crippen molar-refractivity contribution in [1.82, 2.24) is 0 Å². The Kier molecular flexibility index (Phi) is 5.17. The zero-order valence-electron chi connectivity index (χ0n) is 10.8. The fraction of sp³-hybridized carbons (Fsp3) is 0.0625.